The number of rotatable bonds is 4. The molecule has 0 aromatic heterocycles. The van der Waals surface area contributed by atoms with Crippen molar-refractivity contribution in [3.8, 4) is 0 Å². The smallest absolute Gasteiger partial charge is 0.333 e. The van der Waals surface area contributed by atoms with Gasteiger partial charge in [-0.05, 0) is 13.3 Å². The molecule has 90 valence electrons. The predicted octanol–water partition coefficient (Wildman–Crippen LogP) is 1.67. The monoisotopic (exact) mass is 236 g/mol. The third-order valence-electron chi connectivity index (χ3n) is 2.41. The highest BCUT2D eigenvalue weighted by Crippen LogP contribution is 2.44. The van der Waals surface area contributed by atoms with E-state index in [9.17, 15) is 22.8 Å². The number of ketones is 1. The molecule has 1 fully saturated rings. The molecule has 0 radical (unpaired) electrons. The number of hydrogen-bond acceptors (Lipinski definition) is 3. The number of esters is 1. The van der Waals surface area contributed by atoms with E-state index in [1.807, 2.05) is 0 Å². The summed E-state index contributed by atoms with van der Waals surface area (Å²) in [7, 11) is 0. The lowest BCUT2D eigenvalue weighted by atomic mass is 9.75. The number of carbonyl (C=O) groups is 2. The van der Waals surface area contributed by atoms with E-state index < -0.39 is 29.8 Å². The van der Waals surface area contributed by atoms with Crippen LogP contribution < -0.4 is 0 Å². The lowest BCUT2D eigenvalue weighted by molar-refractivity contribution is -0.193. The van der Waals surface area contributed by atoms with Crippen molar-refractivity contribution < 1.29 is 27.5 Å². The van der Waals surface area contributed by atoms with Crippen molar-refractivity contribution in [2.45, 2.75) is 25.4 Å². The Bertz CT molecular complexity index is 338. The van der Waals surface area contributed by atoms with Gasteiger partial charge in [0.25, 0.3) is 0 Å². The average molecular weight is 236 g/mol. The molecule has 0 heterocycles. The number of Topliss-reactive ketones (excluding diaryl/α,β-unsaturated/α-hetero) is 1. The number of carbonyl (C=O) groups excluding carboxylic acids is 2. The van der Waals surface area contributed by atoms with Gasteiger partial charge in [-0.3, -0.25) is 4.79 Å². The zero-order valence-electron chi connectivity index (χ0n) is 8.63. The maximum Gasteiger partial charge on any atom is 0.333 e. The quantitative estimate of drug-likeness (QED) is 0.550. The zero-order valence-corrected chi connectivity index (χ0v) is 8.63. The molecule has 0 aromatic rings. The number of halogens is 3. The molecule has 1 aliphatic carbocycles. The molecule has 0 spiro atoms. The van der Waals surface area contributed by atoms with Gasteiger partial charge >= 0.3 is 11.9 Å². The summed E-state index contributed by atoms with van der Waals surface area (Å²) in [6, 6.07) is 0. The molecule has 6 heteroatoms. The van der Waals surface area contributed by atoms with Crippen molar-refractivity contribution in [2.75, 3.05) is 6.61 Å². The van der Waals surface area contributed by atoms with E-state index in [4.69, 9.17) is 0 Å². The lowest BCUT2D eigenvalue weighted by Gasteiger charge is -2.37. The minimum Gasteiger partial charge on any atom is -0.462 e. The summed E-state index contributed by atoms with van der Waals surface area (Å²) in [5.74, 6) is -7.72. The first kappa shape index (κ1) is 12.7. The Hall–Kier alpha value is -1.33. The van der Waals surface area contributed by atoms with Crippen LogP contribution in [0, 0.1) is 5.92 Å². The molecular formula is C10H11F3O3. The number of ether oxygens (including phenoxy) is 1. The summed E-state index contributed by atoms with van der Waals surface area (Å²) in [4.78, 5) is 21.3. The summed E-state index contributed by atoms with van der Waals surface area (Å²) in [5, 5.41) is 0. The fraction of sp³-hybridized carbons (Fsp3) is 0.600. The van der Waals surface area contributed by atoms with E-state index in [0.717, 1.165) is 0 Å². The molecular weight excluding hydrogens is 225 g/mol. The Labute approximate surface area is 90.3 Å². The second-order valence-electron chi connectivity index (χ2n) is 3.70. The van der Waals surface area contributed by atoms with E-state index in [-0.39, 0.29) is 18.6 Å². The predicted molar refractivity (Wildman–Crippen MR) is 48.7 cm³/mol. The van der Waals surface area contributed by atoms with E-state index in [2.05, 4.69) is 11.3 Å². The summed E-state index contributed by atoms with van der Waals surface area (Å²) in [6.45, 7) is 4.35. The Morgan fingerprint density at radius 3 is 2.56 bits per heavy atom. The molecule has 0 aliphatic heterocycles. The summed E-state index contributed by atoms with van der Waals surface area (Å²) >= 11 is 0. The molecule has 0 saturated heterocycles. The minimum atomic E-state index is -3.63. The van der Waals surface area contributed by atoms with Crippen LogP contribution in [0.25, 0.3) is 0 Å². The molecule has 16 heavy (non-hydrogen) atoms. The van der Waals surface area contributed by atoms with Crippen LogP contribution in [-0.2, 0) is 14.3 Å². The van der Waals surface area contributed by atoms with Crippen molar-refractivity contribution in [3.63, 3.8) is 0 Å². The first-order valence-corrected chi connectivity index (χ1v) is 4.67. The molecule has 0 bridgehead atoms. The van der Waals surface area contributed by atoms with Crippen LogP contribution >= 0.6 is 0 Å². The standard InChI is InChI=1S/C10H11F3O3/c1-5(2)9(15)16-4-3-6-7(11)8(14)10(6,12)13/h6-7H,1,3-4H2,2H3. The normalized spacial score (nSPS) is 27.1. The second-order valence-corrected chi connectivity index (χ2v) is 3.70. The molecule has 0 aromatic carbocycles. The van der Waals surface area contributed by atoms with Gasteiger partial charge in [-0.15, -0.1) is 0 Å². The van der Waals surface area contributed by atoms with Crippen LogP contribution in [0.5, 0.6) is 0 Å². The van der Waals surface area contributed by atoms with Gasteiger partial charge in [0.1, 0.15) is 0 Å². The Balaban J connectivity index is 2.37. The molecule has 0 amide bonds. The van der Waals surface area contributed by atoms with Gasteiger partial charge in [0, 0.05) is 5.57 Å². The van der Waals surface area contributed by atoms with Crippen LogP contribution in [0.3, 0.4) is 0 Å². The summed E-state index contributed by atoms with van der Waals surface area (Å²) < 4.78 is 42.9. The van der Waals surface area contributed by atoms with Gasteiger partial charge in [-0.25, -0.2) is 9.18 Å². The van der Waals surface area contributed by atoms with Gasteiger partial charge in [0.2, 0.25) is 5.78 Å². The fourth-order valence-electron chi connectivity index (χ4n) is 1.37. The van der Waals surface area contributed by atoms with Crippen LogP contribution in [-0.4, -0.2) is 30.5 Å². The Kier molecular flexibility index (Phi) is 3.40. The minimum absolute atomic E-state index is 0.133. The van der Waals surface area contributed by atoms with Gasteiger partial charge in [-0.2, -0.15) is 8.78 Å². The van der Waals surface area contributed by atoms with Gasteiger partial charge in [0.15, 0.2) is 6.17 Å². The van der Waals surface area contributed by atoms with Crippen molar-refractivity contribution in [3.05, 3.63) is 12.2 Å². The zero-order chi connectivity index (χ0) is 12.5. The van der Waals surface area contributed by atoms with Crippen LogP contribution in [0.2, 0.25) is 0 Å². The first-order valence-electron chi connectivity index (χ1n) is 4.67. The SMILES string of the molecule is C=C(C)C(=O)OCCC1C(F)C(=O)C1(F)F. The van der Waals surface area contributed by atoms with Crippen molar-refractivity contribution in [2.24, 2.45) is 5.92 Å². The highest BCUT2D eigenvalue weighted by Gasteiger charge is 2.65. The first-order chi connectivity index (χ1) is 7.28. The topological polar surface area (TPSA) is 43.4 Å². The molecule has 3 nitrogen and oxygen atoms in total. The fourth-order valence-corrected chi connectivity index (χ4v) is 1.37. The van der Waals surface area contributed by atoms with Crippen LogP contribution in [0.4, 0.5) is 13.2 Å². The largest absolute Gasteiger partial charge is 0.462 e. The van der Waals surface area contributed by atoms with Crippen molar-refractivity contribution in [1.29, 1.82) is 0 Å². The maximum absolute atomic E-state index is 12.8. The molecule has 1 rings (SSSR count). The third-order valence-corrected chi connectivity index (χ3v) is 2.41. The Morgan fingerprint density at radius 1 is 1.56 bits per heavy atom. The molecule has 2 unspecified atom stereocenters. The summed E-state index contributed by atoms with van der Waals surface area (Å²) in [6.07, 6.45) is -2.53. The van der Waals surface area contributed by atoms with Crippen molar-refractivity contribution >= 4 is 11.8 Å². The van der Waals surface area contributed by atoms with Gasteiger partial charge in [0.05, 0.1) is 12.5 Å². The van der Waals surface area contributed by atoms with Crippen molar-refractivity contribution in [1.82, 2.24) is 0 Å². The molecule has 1 aliphatic rings. The second kappa shape index (κ2) is 4.27. The maximum atomic E-state index is 12.8. The highest BCUT2D eigenvalue weighted by molar-refractivity contribution is 5.96. The van der Waals surface area contributed by atoms with E-state index in [1.165, 1.54) is 6.92 Å². The highest BCUT2D eigenvalue weighted by atomic mass is 19.3. The molecule has 2 atom stereocenters. The van der Waals surface area contributed by atoms with Gasteiger partial charge in [-0.1, -0.05) is 6.58 Å². The van der Waals surface area contributed by atoms with Crippen LogP contribution in [0.15, 0.2) is 12.2 Å². The summed E-state index contributed by atoms with van der Waals surface area (Å²) in [5.41, 5.74) is 0.133. The molecule has 0 N–H and O–H groups in total. The molecule has 1 saturated carbocycles. The van der Waals surface area contributed by atoms with Gasteiger partial charge < -0.3 is 4.74 Å². The lowest BCUT2D eigenvalue weighted by Crippen LogP contribution is -2.59. The number of hydrogen-bond donors (Lipinski definition) is 0. The van der Waals surface area contributed by atoms with E-state index in [0.29, 0.717) is 0 Å². The van der Waals surface area contributed by atoms with E-state index in [1.54, 1.807) is 0 Å². The average Bonchev–Trinajstić information content (AvgIpc) is 2.22. The Morgan fingerprint density at radius 2 is 2.12 bits per heavy atom. The third kappa shape index (κ3) is 2.10. The van der Waals surface area contributed by atoms with Crippen LogP contribution in [0.1, 0.15) is 13.3 Å². The van der Waals surface area contributed by atoms with E-state index >= 15 is 0 Å². The number of alkyl halides is 3.